The average Bonchev–Trinajstić information content (AvgIpc) is 2.39. The molecule has 0 fully saturated rings. The fourth-order valence-corrected chi connectivity index (χ4v) is 1.71. The molecule has 4 heteroatoms. The number of nitrogens with one attached hydrogen (secondary N) is 2. The zero-order chi connectivity index (χ0) is 14.1. The summed E-state index contributed by atoms with van der Waals surface area (Å²) in [6.45, 7) is 8.12. The Kier molecular flexibility index (Phi) is 6.97. The summed E-state index contributed by atoms with van der Waals surface area (Å²) in [6, 6.07) is 7.54. The minimum absolute atomic E-state index is 0.0407. The highest BCUT2D eigenvalue weighted by Gasteiger charge is 2.09. The maximum atomic E-state index is 12.0. The second-order valence-electron chi connectivity index (χ2n) is 4.60. The molecular weight excluding hydrogens is 240 g/mol. The van der Waals surface area contributed by atoms with Gasteiger partial charge < -0.3 is 15.4 Å². The first-order valence-electron chi connectivity index (χ1n) is 6.87. The maximum absolute atomic E-state index is 12.0. The highest BCUT2D eigenvalue weighted by atomic mass is 16.5. The minimum Gasteiger partial charge on any atom is -0.385 e. The van der Waals surface area contributed by atoms with Gasteiger partial charge in [0.15, 0.2) is 0 Å². The Morgan fingerprint density at radius 2 is 2.05 bits per heavy atom. The molecule has 0 saturated heterocycles. The number of hydrogen-bond acceptors (Lipinski definition) is 3. The molecule has 0 aliphatic rings. The highest BCUT2D eigenvalue weighted by Crippen LogP contribution is 2.14. The van der Waals surface area contributed by atoms with Gasteiger partial charge in [-0.25, -0.2) is 0 Å². The van der Waals surface area contributed by atoms with Crippen LogP contribution in [0.2, 0.25) is 0 Å². The van der Waals surface area contributed by atoms with Crippen LogP contribution in [0.15, 0.2) is 24.3 Å². The van der Waals surface area contributed by atoms with Crippen LogP contribution in [0.1, 0.15) is 37.6 Å². The van der Waals surface area contributed by atoms with Crippen molar-refractivity contribution < 1.29 is 9.53 Å². The first kappa shape index (κ1) is 15.5. The largest absolute Gasteiger partial charge is 0.385 e. The summed E-state index contributed by atoms with van der Waals surface area (Å²) in [5.41, 5.74) is 1.56. The van der Waals surface area contributed by atoms with E-state index in [-0.39, 0.29) is 12.0 Å². The fraction of sp³-hybridized carbons (Fsp3) is 0.533. The number of para-hydroxylation sites is 1. The molecule has 0 aliphatic heterocycles. The van der Waals surface area contributed by atoms with Gasteiger partial charge in [0.2, 0.25) is 0 Å². The molecule has 0 aromatic heterocycles. The van der Waals surface area contributed by atoms with Crippen LogP contribution in [0.5, 0.6) is 0 Å². The van der Waals surface area contributed by atoms with Crippen molar-refractivity contribution in [1.29, 1.82) is 0 Å². The molecule has 0 atom stereocenters. The summed E-state index contributed by atoms with van der Waals surface area (Å²) in [5.74, 6) is -0.0407. The predicted octanol–water partition coefficient (Wildman–Crippen LogP) is 2.66. The van der Waals surface area contributed by atoms with Gasteiger partial charge in [0.05, 0.1) is 11.7 Å². The first-order chi connectivity index (χ1) is 9.15. The van der Waals surface area contributed by atoms with Crippen molar-refractivity contribution in [3.8, 4) is 0 Å². The molecular formula is C15H24N2O2. The molecule has 1 aromatic rings. The van der Waals surface area contributed by atoms with Crippen molar-refractivity contribution in [2.45, 2.75) is 33.3 Å². The number of rotatable bonds is 8. The topological polar surface area (TPSA) is 50.4 Å². The van der Waals surface area contributed by atoms with E-state index in [4.69, 9.17) is 4.74 Å². The van der Waals surface area contributed by atoms with Gasteiger partial charge in [-0.05, 0) is 39.3 Å². The third-order valence-corrected chi connectivity index (χ3v) is 2.60. The van der Waals surface area contributed by atoms with Gasteiger partial charge in [0.1, 0.15) is 0 Å². The third-order valence-electron chi connectivity index (χ3n) is 2.60. The van der Waals surface area contributed by atoms with Crippen LogP contribution >= 0.6 is 0 Å². The maximum Gasteiger partial charge on any atom is 0.253 e. The van der Waals surface area contributed by atoms with Crippen LogP contribution in [-0.2, 0) is 4.74 Å². The Morgan fingerprint density at radius 3 is 2.74 bits per heavy atom. The molecule has 106 valence electrons. The monoisotopic (exact) mass is 264 g/mol. The lowest BCUT2D eigenvalue weighted by Gasteiger charge is -2.11. The summed E-state index contributed by atoms with van der Waals surface area (Å²) >= 11 is 0. The van der Waals surface area contributed by atoms with E-state index in [1.807, 2.05) is 45.0 Å². The van der Waals surface area contributed by atoms with Crippen molar-refractivity contribution in [2.24, 2.45) is 0 Å². The second kappa shape index (κ2) is 8.53. The summed E-state index contributed by atoms with van der Waals surface area (Å²) in [5, 5.41) is 6.10. The highest BCUT2D eigenvalue weighted by molar-refractivity contribution is 5.99. The molecule has 1 rings (SSSR count). The number of benzene rings is 1. The zero-order valence-corrected chi connectivity index (χ0v) is 12.0. The Hall–Kier alpha value is -1.55. The van der Waals surface area contributed by atoms with Crippen molar-refractivity contribution in [3.05, 3.63) is 29.8 Å². The molecule has 2 N–H and O–H groups in total. The molecule has 0 radical (unpaired) electrons. The number of anilines is 1. The van der Waals surface area contributed by atoms with Gasteiger partial charge >= 0.3 is 0 Å². The number of ether oxygens (including phenoxy) is 1. The van der Waals surface area contributed by atoms with E-state index in [2.05, 4.69) is 10.6 Å². The van der Waals surface area contributed by atoms with Crippen LogP contribution in [0.25, 0.3) is 0 Å². The number of carbonyl (C=O) groups excluding carboxylic acids is 1. The zero-order valence-electron chi connectivity index (χ0n) is 12.0. The Bertz CT molecular complexity index is 391. The van der Waals surface area contributed by atoms with Crippen LogP contribution in [0, 0.1) is 0 Å². The van der Waals surface area contributed by atoms with Gasteiger partial charge in [-0.2, -0.15) is 0 Å². The lowest BCUT2D eigenvalue weighted by molar-refractivity contribution is 0.0757. The smallest absolute Gasteiger partial charge is 0.253 e. The Labute approximate surface area is 115 Å². The van der Waals surface area contributed by atoms with Gasteiger partial charge in [0.25, 0.3) is 5.91 Å². The predicted molar refractivity (Wildman–Crippen MR) is 78.6 cm³/mol. The SMILES string of the molecule is CCNc1ccccc1C(=O)NCCCOC(C)C. The van der Waals surface area contributed by atoms with Gasteiger partial charge in [0, 0.05) is 25.4 Å². The molecule has 0 bridgehead atoms. The van der Waals surface area contributed by atoms with Crippen molar-refractivity contribution >= 4 is 11.6 Å². The van der Waals surface area contributed by atoms with Gasteiger partial charge in [-0.3, -0.25) is 4.79 Å². The van der Waals surface area contributed by atoms with E-state index in [0.29, 0.717) is 18.7 Å². The van der Waals surface area contributed by atoms with E-state index in [9.17, 15) is 4.79 Å². The van der Waals surface area contributed by atoms with E-state index in [1.165, 1.54) is 0 Å². The first-order valence-corrected chi connectivity index (χ1v) is 6.87. The van der Waals surface area contributed by atoms with Crippen molar-refractivity contribution in [3.63, 3.8) is 0 Å². The van der Waals surface area contributed by atoms with Crippen LogP contribution in [0.4, 0.5) is 5.69 Å². The second-order valence-corrected chi connectivity index (χ2v) is 4.60. The van der Waals surface area contributed by atoms with Gasteiger partial charge in [-0.1, -0.05) is 12.1 Å². The van der Waals surface area contributed by atoms with E-state index >= 15 is 0 Å². The lowest BCUT2D eigenvalue weighted by Crippen LogP contribution is -2.26. The van der Waals surface area contributed by atoms with Crippen LogP contribution in [-0.4, -0.2) is 31.7 Å². The Morgan fingerprint density at radius 1 is 1.32 bits per heavy atom. The summed E-state index contributed by atoms with van der Waals surface area (Å²) in [4.78, 5) is 12.0. The molecule has 0 unspecified atom stereocenters. The number of amides is 1. The molecule has 0 aliphatic carbocycles. The van der Waals surface area contributed by atoms with Gasteiger partial charge in [-0.15, -0.1) is 0 Å². The van der Waals surface area contributed by atoms with Crippen LogP contribution < -0.4 is 10.6 Å². The number of carbonyl (C=O) groups is 1. The van der Waals surface area contributed by atoms with E-state index in [1.54, 1.807) is 0 Å². The molecule has 0 heterocycles. The molecule has 4 nitrogen and oxygen atoms in total. The summed E-state index contributed by atoms with van der Waals surface area (Å²) in [6.07, 6.45) is 1.07. The Balaban J connectivity index is 2.41. The lowest BCUT2D eigenvalue weighted by atomic mass is 10.1. The normalized spacial score (nSPS) is 10.5. The quantitative estimate of drug-likeness (QED) is 0.710. The fourth-order valence-electron chi connectivity index (χ4n) is 1.71. The van der Waals surface area contributed by atoms with Crippen LogP contribution in [0.3, 0.4) is 0 Å². The van der Waals surface area contributed by atoms with Crippen molar-refractivity contribution in [2.75, 3.05) is 25.0 Å². The molecule has 19 heavy (non-hydrogen) atoms. The van der Waals surface area contributed by atoms with E-state index < -0.39 is 0 Å². The molecule has 0 spiro atoms. The van der Waals surface area contributed by atoms with Crippen molar-refractivity contribution in [1.82, 2.24) is 5.32 Å². The number of hydrogen-bond donors (Lipinski definition) is 2. The summed E-state index contributed by atoms with van der Waals surface area (Å²) < 4.78 is 5.43. The molecule has 1 amide bonds. The summed E-state index contributed by atoms with van der Waals surface area (Å²) in [7, 11) is 0. The molecule has 1 aromatic carbocycles. The molecule has 0 saturated carbocycles. The van der Waals surface area contributed by atoms with E-state index in [0.717, 1.165) is 18.7 Å². The standard InChI is InChI=1S/C15H24N2O2/c1-4-16-14-9-6-5-8-13(14)15(18)17-10-7-11-19-12(2)3/h5-6,8-9,12,16H,4,7,10-11H2,1-3H3,(H,17,18). The third kappa shape index (κ3) is 5.75. The average molecular weight is 264 g/mol. The minimum atomic E-state index is -0.0407.